The molecule has 0 atom stereocenters. The van der Waals surface area contributed by atoms with Gasteiger partial charge in [0.15, 0.2) is 0 Å². The molecule has 1 aromatic carbocycles. The summed E-state index contributed by atoms with van der Waals surface area (Å²) in [5.41, 5.74) is 1.47. The molecule has 24 heavy (non-hydrogen) atoms. The van der Waals surface area contributed by atoms with Gasteiger partial charge in [-0.1, -0.05) is 15.9 Å². The fourth-order valence-corrected chi connectivity index (χ4v) is 3.25. The number of anilines is 1. The minimum Gasteiger partial charge on any atom is -0.322 e. The third-order valence-corrected chi connectivity index (χ3v) is 4.63. The Labute approximate surface area is 147 Å². The molecule has 5 nitrogen and oxygen atoms in total. The van der Waals surface area contributed by atoms with Crippen molar-refractivity contribution in [2.24, 2.45) is 0 Å². The summed E-state index contributed by atoms with van der Waals surface area (Å²) in [4.78, 5) is 29.3. The van der Waals surface area contributed by atoms with Crippen LogP contribution in [0, 0.1) is 12.7 Å². The summed E-state index contributed by atoms with van der Waals surface area (Å²) in [6.07, 6.45) is 3.50. The van der Waals surface area contributed by atoms with Crippen molar-refractivity contribution >= 4 is 27.5 Å². The predicted octanol–water partition coefficient (Wildman–Crippen LogP) is 2.97. The van der Waals surface area contributed by atoms with Gasteiger partial charge in [-0.2, -0.15) is 0 Å². The molecule has 0 bridgehead atoms. The molecule has 0 saturated carbocycles. The smallest absolute Gasteiger partial charge is 0.257 e. The van der Waals surface area contributed by atoms with E-state index in [4.69, 9.17) is 0 Å². The second-order valence-corrected chi connectivity index (χ2v) is 6.77. The lowest BCUT2D eigenvalue weighted by atomic mass is 9.97. The van der Waals surface area contributed by atoms with Gasteiger partial charge in [-0.05, 0) is 50.8 Å². The van der Waals surface area contributed by atoms with E-state index in [9.17, 15) is 14.0 Å². The van der Waals surface area contributed by atoms with Crippen molar-refractivity contribution in [3.8, 4) is 0 Å². The quantitative estimate of drug-likeness (QED) is 0.871. The summed E-state index contributed by atoms with van der Waals surface area (Å²) in [7, 11) is 0. The van der Waals surface area contributed by atoms with Crippen molar-refractivity contribution in [1.82, 2.24) is 9.55 Å². The Morgan fingerprint density at radius 3 is 2.88 bits per heavy atom. The third kappa shape index (κ3) is 3.40. The molecule has 1 aliphatic rings. The molecule has 1 aromatic heterocycles. The summed E-state index contributed by atoms with van der Waals surface area (Å²) in [6, 6.07) is 4.38. The zero-order valence-electron chi connectivity index (χ0n) is 13.2. The first-order valence-electron chi connectivity index (χ1n) is 7.80. The molecule has 0 spiro atoms. The number of benzene rings is 1. The molecule has 1 N–H and O–H groups in total. The van der Waals surface area contributed by atoms with E-state index in [1.807, 2.05) is 0 Å². The number of hydrogen-bond donors (Lipinski definition) is 1. The molecule has 1 aliphatic carbocycles. The van der Waals surface area contributed by atoms with Crippen LogP contribution in [-0.2, 0) is 24.2 Å². The Hall–Kier alpha value is -2.02. The van der Waals surface area contributed by atoms with E-state index in [-0.39, 0.29) is 17.8 Å². The number of nitrogens with zero attached hydrogens (tertiary/aromatic N) is 2. The molecule has 0 radical (unpaired) electrons. The van der Waals surface area contributed by atoms with Crippen molar-refractivity contribution in [2.45, 2.75) is 39.2 Å². The van der Waals surface area contributed by atoms with Gasteiger partial charge in [-0.25, -0.2) is 9.37 Å². The number of halogens is 2. The Morgan fingerprint density at radius 1 is 1.38 bits per heavy atom. The Morgan fingerprint density at radius 2 is 2.12 bits per heavy atom. The van der Waals surface area contributed by atoms with Gasteiger partial charge in [0.1, 0.15) is 18.2 Å². The molecular weight excluding hydrogens is 377 g/mol. The number of fused-ring (bicyclic) bond motifs is 1. The number of rotatable bonds is 3. The second kappa shape index (κ2) is 6.84. The van der Waals surface area contributed by atoms with Crippen LogP contribution in [0.5, 0.6) is 0 Å². The number of aromatic nitrogens is 2. The van der Waals surface area contributed by atoms with Crippen molar-refractivity contribution in [3.05, 3.63) is 55.9 Å². The predicted molar refractivity (Wildman–Crippen MR) is 92.6 cm³/mol. The number of carbonyl (C=O) groups is 1. The maximum absolute atomic E-state index is 13.8. The molecule has 2 aromatic rings. The fraction of sp³-hybridized carbons (Fsp3) is 0.353. The van der Waals surface area contributed by atoms with Gasteiger partial charge in [0.2, 0.25) is 5.91 Å². The Bertz CT molecular complexity index is 864. The van der Waals surface area contributed by atoms with Crippen LogP contribution in [-0.4, -0.2) is 15.5 Å². The molecule has 0 saturated heterocycles. The zero-order chi connectivity index (χ0) is 17.3. The first-order chi connectivity index (χ1) is 11.5. The summed E-state index contributed by atoms with van der Waals surface area (Å²) >= 11 is 3.16. The van der Waals surface area contributed by atoms with Gasteiger partial charge in [0.05, 0.1) is 11.4 Å². The lowest BCUT2D eigenvalue weighted by Gasteiger charge is -2.18. The normalized spacial score (nSPS) is 13.5. The lowest BCUT2D eigenvalue weighted by molar-refractivity contribution is -0.116. The molecule has 1 heterocycles. The van der Waals surface area contributed by atoms with Crippen LogP contribution in [0.3, 0.4) is 0 Å². The maximum atomic E-state index is 13.8. The molecule has 0 fully saturated rings. The summed E-state index contributed by atoms with van der Waals surface area (Å²) in [5, 5.41) is 2.50. The van der Waals surface area contributed by atoms with E-state index in [0.29, 0.717) is 22.3 Å². The largest absolute Gasteiger partial charge is 0.322 e. The summed E-state index contributed by atoms with van der Waals surface area (Å²) in [5.74, 6) is -0.489. The van der Waals surface area contributed by atoms with Crippen LogP contribution < -0.4 is 10.9 Å². The number of nitrogens with one attached hydrogen (secondary N) is 1. The first-order valence-corrected chi connectivity index (χ1v) is 8.59. The SMILES string of the molecule is Cc1nc2c(c(=O)n1CC(=O)Nc1ccc(Br)cc1F)CCCC2. The van der Waals surface area contributed by atoms with Gasteiger partial charge in [0.25, 0.3) is 5.56 Å². The number of aryl methyl sites for hydroxylation is 2. The topological polar surface area (TPSA) is 64.0 Å². The van der Waals surface area contributed by atoms with Crippen molar-refractivity contribution < 1.29 is 9.18 Å². The van der Waals surface area contributed by atoms with Crippen LogP contribution in [0.15, 0.2) is 27.5 Å². The lowest BCUT2D eigenvalue weighted by Crippen LogP contribution is -2.34. The monoisotopic (exact) mass is 393 g/mol. The highest BCUT2D eigenvalue weighted by molar-refractivity contribution is 9.10. The van der Waals surface area contributed by atoms with Gasteiger partial charge < -0.3 is 5.32 Å². The highest BCUT2D eigenvalue weighted by Crippen LogP contribution is 2.19. The van der Waals surface area contributed by atoms with E-state index < -0.39 is 11.7 Å². The molecule has 7 heteroatoms. The van der Waals surface area contributed by atoms with E-state index in [2.05, 4.69) is 26.2 Å². The van der Waals surface area contributed by atoms with Gasteiger partial charge >= 0.3 is 0 Å². The van der Waals surface area contributed by atoms with E-state index >= 15 is 0 Å². The molecule has 0 aliphatic heterocycles. The minimum atomic E-state index is -0.537. The molecule has 0 unspecified atom stereocenters. The number of hydrogen-bond acceptors (Lipinski definition) is 3. The van der Waals surface area contributed by atoms with Gasteiger partial charge in [-0.15, -0.1) is 0 Å². The highest BCUT2D eigenvalue weighted by Gasteiger charge is 2.19. The van der Waals surface area contributed by atoms with Crippen LogP contribution in [0.1, 0.15) is 29.9 Å². The fourth-order valence-electron chi connectivity index (χ4n) is 2.92. The van der Waals surface area contributed by atoms with Crippen LogP contribution >= 0.6 is 15.9 Å². The van der Waals surface area contributed by atoms with E-state index in [0.717, 1.165) is 25.0 Å². The van der Waals surface area contributed by atoms with E-state index in [1.54, 1.807) is 13.0 Å². The van der Waals surface area contributed by atoms with Crippen LogP contribution in [0.25, 0.3) is 0 Å². The van der Waals surface area contributed by atoms with Crippen molar-refractivity contribution in [3.63, 3.8) is 0 Å². The zero-order valence-corrected chi connectivity index (χ0v) is 14.8. The van der Waals surface area contributed by atoms with Gasteiger partial charge in [-0.3, -0.25) is 14.2 Å². The second-order valence-electron chi connectivity index (χ2n) is 5.86. The average Bonchev–Trinajstić information content (AvgIpc) is 2.54. The standard InChI is InChI=1S/C17H17BrFN3O2/c1-10-20-14-5-3-2-4-12(14)17(24)22(10)9-16(23)21-15-7-6-11(18)8-13(15)19/h6-8H,2-5,9H2,1H3,(H,21,23). The van der Waals surface area contributed by atoms with E-state index in [1.165, 1.54) is 16.7 Å². The van der Waals surface area contributed by atoms with Gasteiger partial charge in [0, 0.05) is 10.0 Å². The number of carbonyl (C=O) groups excluding carboxylic acids is 1. The Kier molecular flexibility index (Phi) is 4.80. The molecule has 1 amide bonds. The van der Waals surface area contributed by atoms with Crippen molar-refractivity contribution in [1.29, 1.82) is 0 Å². The minimum absolute atomic E-state index is 0.0832. The summed E-state index contributed by atoms with van der Waals surface area (Å²) < 4.78 is 15.8. The maximum Gasteiger partial charge on any atom is 0.257 e. The first kappa shape index (κ1) is 16.8. The van der Waals surface area contributed by atoms with Crippen LogP contribution in [0.4, 0.5) is 10.1 Å². The number of amides is 1. The van der Waals surface area contributed by atoms with Crippen molar-refractivity contribution in [2.75, 3.05) is 5.32 Å². The molecule has 126 valence electrons. The highest BCUT2D eigenvalue weighted by atomic mass is 79.9. The molecule has 3 rings (SSSR count). The average molecular weight is 394 g/mol. The molecular formula is C17H17BrFN3O2. The third-order valence-electron chi connectivity index (χ3n) is 4.14. The summed E-state index contributed by atoms with van der Waals surface area (Å²) in [6.45, 7) is 1.53. The van der Waals surface area contributed by atoms with Crippen LogP contribution in [0.2, 0.25) is 0 Å². The Balaban J connectivity index is 1.83.